The fourth-order valence-corrected chi connectivity index (χ4v) is 4.61. The molecule has 0 bridgehead atoms. The lowest BCUT2D eigenvalue weighted by Gasteiger charge is -2.45. The van der Waals surface area contributed by atoms with E-state index in [0.29, 0.717) is 59.8 Å². The van der Waals surface area contributed by atoms with Crippen molar-refractivity contribution in [3.63, 3.8) is 0 Å². The van der Waals surface area contributed by atoms with Crippen LogP contribution in [0.1, 0.15) is 41.4 Å². The Bertz CT molecular complexity index is 1340. The summed E-state index contributed by atoms with van der Waals surface area (Å²) in [5, 5.41) is 3.52. The number of likely N-dealkylation sites (tertiary alicyclic amines) is 1. The smallest absolute Gasteiger partial charge is 0.270 e. The fourth-order valence-electron chi connectivity index (χ4n) is 4.61. The van der Waals surface area contributed by atoms with Gasteiger partial charge < -0.3 is 19.8 Å². The van der Waals surface area contributed by atoms with E-state index in [-0.39, 0.29) is 35.2 Å². The third-order valence-corrected chi connectivity index (χ3v) is 6.92. The van der Waals surface area contributed by atoms with Crippen LogP contribution in [0.15, 0.2) is 35.3 Å². The van der Waals surface area contributed by atoms with Crippen LogP contribution in [0.5, 0.6) is 11.5 Å². The molecule has 4 heterocycles. The first kappa shape index (κ1) is 21.1. The zero-order valence-corrected chi connectivity index (χ0v) is 18.8. The number of carbonyl (C=O) groups excluding carboxylic acids is 1. The van der Waals surface area contributed by atoms with E-state index >= 15 is 4.39 Å². The number of nitrogens with one attached hydrogen (secondary N) is 2. The molecule has 0 unspecified atom stereocenters. The van der Waals surface area contributed by atoms with Crippen molar-refractivity contribution in [3.05, 3.63) is 63.5 Å². The van der Waals surface area contributed by atoms with E-state index in [1.54, 1.807) is 24.4 Å². The van der Waals surface area contributed by atoms with Crippen molar-refractivity contribution in [2.45, 2.75) is 50.9 Å². The number of nitrogens with zero attached hydrogens (tertiary/aromatic N) is 2. The molecule has 2 N–H and O–H groups in total. The van der Waals surface area contributed by atoms with E-state index in [4.69, 9.17) is 9.47 Å². The van der Waals surface area contributed by atoms with Crippen LogP contribution in [0.4, 0.5) is 4.39 Å². The fraction of sp³-hybridized carbons (Fsp3) is 0.400. The monoisotopic (exact) mass is 464 g/mol. The largest absolute Gasteiger partial charge is 0.492 e. The van der Waals surface area contributed by atoms with Gasteiger partial charge in [0.2, 0.25) is 0 Å². The van der Waals surface area contributed by atoms with Crippen molar-refractivity contribution >= 4 is 16.8 Å². The van der Waals surface area contributed by atoms with Crippen molar-refractivity contribution in [2.75, 3.05) is 13.2 Å². The van der Waals surface area contributed by atoms with Crippen LogP contribution >= 0.6 is 0 Å². The summed E-state index contributed by atoms with van der Waals surface area (Å²) in [6.45, 7) is 3.51. The third-order valence-electron chi connectivity index (χ3n) is 6.92. The Morgan fingerprint density at radius 3 is 2.91 bits per heavy atom. The molecule has 34 heavy (non-hydrogen) atoms. The predicted molar refractivity (Wildman–Crippen MR) is 123 cm³/mol. The summed E-state index contributed by atoms with van der Waals surface area (Å²) in [4.78, 5) is 33.4. The number of halogens is 1. The predicted octanol–water partition coefficient (Wildman–Crippen LogP) is 2.54. The van der Waals surface area contributed by atoms with Crippen LogP contribution in [-0.4, -0.2) is 52.1 Å². The number of hydrogen-bond acceptors (Lipinski definition) is 6. The number of aromatic amines is 1. The number of carbonyl (C=O) groups is 1. The first-order valence-electron chi connectivity index (χ1n) is 11.6. The molecule has 176 valence electrons. The first-order chi connectivity index (χ1) is 16.5. The Labute approximate surface area is 195 Å². The molecular formula is C25H25FN4O4. The maximum Gasteiger partial charge on any atom is 0.270 e. The Balaban J connectivity index is 1.11. The Morgan fingerprint density at radius 2 is 2.18 bits per heavy atom. The molecule has 3 aromatic rings. The molecule has 2 atom stereocenters. The SMILES string of the molecule is C[C@@H]1[C@@H](Oc2ccc(C(=O)NC3CC3)nc2)CN1Cc1ccc2c3c(c(=O)[nH]c2c1F)CCO3. The van der Waals surface area contributed by atoms with Gasteiger partial charge in [-0.3, -0.25) is 14.5 Å². The van der Waals surface area contributed by atoms with Gasteiger partial charge in [-0.2, -0.15) is 0 Å². The van der Waals surface area contributed by atoms with Gasteiger partial charge in [-0.15, -0.1) is 0 Å². The molecule has 0 spiro atoms. The second-order valence-corrected chi connectivity index (χ2v) is 9.27. The number of pyridine rings is 2. The van der Waals surface area contributed by atoms with Gasteiger partial charge in [0.05, 0.1) is 23.9 Å². The minimum atomic E-state index is -0.422. The van der Waals surface area contributed by atoms with Gasteiger partial charge in [0.1, 0.15) is 23.3 Å². The quantitative estimate of drug-likeness (QED) is 0.582. The van der Waals surface area contributed by atoms with Gasteiger partial charge >= 0.3 is 0 Å². The molecule has 2 fully saturated rings. The second kappa shape index (κ2) is 8.09. The number of benzene rings is 1. The average Bonchev–Trinajstić information content (AvgIpc) is 3.51. The summed E-state index contributed by atoms with van der Waals surface area (Å²) in [5.74, 6) is 0.517. The minimum absolute atomic E-state index is 0.0621. The number of ether oxygens (including phenoxy) is 2. The highest BCUT2D eigenvalue weighted by atomic mass is 19.1. The molecular weight excluding hydrogens is 439 g/mol. The standard InChI is InChI=1S/C25H25FN4O4/c1-13-20(34-16-5-7-19(27-10-16)25(32)28-15-3-4-15)12-30(13)11-14-2-6-17-22(21(14)26)29-24(31)18-8-9-33-23(17)18/h2,5-7,10,13,15,20H,3-4,8-9,11-12H2,1H3,(H,28,32)(H,29,31)/t13-,20+/m1/s1. The van der Waals surface area contributed by atoms with Crippen molar-refractivity contribution in [1.29, 1.82) is 0 Å². The van der Waals surface area contributed by atoms with Gasteiger partial charge in [0, 0.05) is 42.5 Å². The van der Waals surface area contributed by atoms with Crippen LogP contribution in [0.25, 0.3) is 10.9 Å². The summed E-state index contributed by atoms with van der Waals surface area (Å²) >= 11 is 0. The first-order valence-corrected chi connectivity index (χ1v) is 11.6. The molecule has 1 saturated heterocycles. The molecule has 1 aliphatic carbocycles. The summed E-state index contributed by atoms with van der Waals surface area (Å²) in [6, 6.07) is 7.35. The van der Waals surface area contributed by atoms with Crippen molar-refractivity contribution in [3.8, 4) is 11.5 Å². The van der Waals surface area contributed by atoms with Crippen molar-refractivity contribution in [1.82, 2.24) is 20.2 Å². The maximum absolute atomic E-state index is 15.3. The van der Waals surface area contributed by atoms with Crippen LogP contribution < -0.4 is 20.3 Å². The summed E-state index contributed by atoms with van der Waals surface area (Å²) in [5.41, 5.74) is 1.39. The number of fused-ring (bicyclic) bond motifs is 3. The molecule has 8 nitrogen and oxygen atoms in total. The molecule has 1 amide bonds. The number of aromatic nitrogens is 2. The van der Waals surface area contributed by atoms with Crippen molar-refractivity contribution in [2.24, 2.45) is 0 Å². The van der Waals surface area contributed by atoms with E-state index in [9.17, 15) is 9.59 Å². The highest BCUT2D eigenvalue weighted by molar-refractivity contribution is 5.92. The number of H-pyrrole nitrogens is 1. The molecule has 3 aliphatic rings. The lowest BCUT2D eigenvalue weighted by Crippen LogP contribution is -2.60. The van der Waals surface area contributed by atoms with E-state index < -0.39 is 5.82 Å². The topological polar surface area (TPSA) is 96.5 Å². The highest BCUT2D eigenvalue weighted by Crippen LogP contribution is 2.34. The van der Waals surface area contributed by atoms with E-state index in [2.05, 4.69) is 20.2 Å². The lowest BCUT2D eigenvalue weighted by molar-refractivity contribution is -0.0419. The number of rotatable bonds is 6. The van der Waals surface area contributed by atoms with E-state index in [1.807, 2.05) is 13.0 Å². The van der Waals surface area contributed by atoms with Gasteiger partial charge in [0.15, 0.2) is 5.82 Å². The Kier molecular flexibility index (Phi) is 5.02. The zero-order valence-electron chi connectivity index (χ0n) is 18.8. The van der Waals surface area contributed by atoms with Gasteiger partial charge in [-0.05, 0) is 38.0 Å². The van der Waals surface area contributed by atoms with E-state index in [1.165, 1.54) is 0 Å². The normalized spacial score (nSPS) is 21.6. The summed E-state index contributed by atoms with van der Waals surface area (Å²) < 4.78 is 26.9. The molecule has 2 aliphatic heterocycles. The molecule has 1 saturated carbocycles. The second-order valence-electron chi connectivity index (χ2n) is 9.27. The van der Waals surface area contributed by atoms with Gasteiger partial charge in [0.25, 0.3) is 11.5 Å². The van der Waals surface area contributed by atoms with E-state index in [0.717, 1.165) is 12.8 Å². The minimum Gasteiger partial charge on any atom is -0.492 e. The Morgan fingerprint density at radius 1 is 1.32 bits per heavy atom. The maximum atomic E-state index is 15.3. The molecule has 2 aromatic heterocycles. The molecule has 6 rings (SSSR count). The van der Waals surface area contributed by atoms with Crippen molar-refractivity contribution < 1.29 is 18.7 Å². The van der Waals surface area contributed by atoms with Crippen LogP contribution in [-0.2, 0) is 13.0 Å². The van der Waals surface area contributed by atoms with Crippen LogP contribution in [0.3, 0.4) is 0 Å². The third kappa shape index (κ3) is 3.69. The Hall–Kier alpha value is -3.46. The highest BCUT2D eigenvalue weighted by Gasteiger charge is 2.38. The van der Waals surface area contributed by atoms with Gasteiger partial charge in [-0.25, -0.2) is 9.37 Å². The van der Waals surface area contributed by atoms with Crippen LogP contribution in [0, 0.1) is 5.82 Å². The van der Waals surface area contributed by atoms with Gasteiger partial charge in [-0.1, -0.05) is 6.07 Å². The molecule has 9 heteroatoms. The molecule has 0 radical (unpaired) electrons. The lowest BCUT2D eigenvalue weighted by atomic mass is 9.99. The summed E-state index contributed by atoms with van der Waals surface area (Å²) in [6.07, 6.45) is 4.11. The zero-order chi connectivity index (χ0) is 23.4. The number of amides is 1. The molecule has 1 aromatic carbocycles. The van der Waals surface area contributed by atoms with Crippen LogP contribution in [0.2, 0.25) is 0 Å². The average molecular weight is 464 g/mol. The summed E-state index contributed by atoms with van der Waals surface area (Å²) in [7, 11) is 0. The number of hydrogen-bond donors (Lipinski definition) is 2.